The SMILES string of the molecule is CCCCN(C)CCNC(=NC)NCCCN1CCCCCC1. The predicted molar refractivity (Wildman–Crippen MR) is 101 cm³/mol. The van der Waals surface area contributed by atoms with Crippen molar-refractivity contribution in [3.8, 4) is 0 Å². The molecule has 1 rings (SSSR count). The molecule has 0 amide bonds. The summed E-state index contributed by atoms with van der Waals surface area (Å²) < 4.78 is 0. The highest BCUT2D eigenvalue weighted by Crippen LogP contribution is 2.09. The number of likely N-dealkylation sites (N-methyl/N-ethyl adjacent to an activating group) is 1. The molecule has 1 aliphatic rings. The largest absolute Gasteiger partial charge is 0.356 e. The average Bonchev–Trinajstić information content (AvgIpc) is 2.83. The van der Waals surface area contributed by atoms with Crippen LogP contribution >= 0.6 is 0 Å². The molecule has 0 spiro atoms. The molecule has 1 aliphatic heterocycles. The first-order valence-electron chi connectivity index (χ1n) is 9.61. The maximum atomic E-state index is 4.31. The van der Waals surface area contributed by atoms with Crippen LogP contribution in [-0.2, 0) is 0 Å². The Labute approximate surface area is 143 Å². The molecule has 0 unspecified atom stereocenters. The molecule has 1 fully saturated rings. The summed E-state index contributed by atoms with van der Waals surface area (Å²) >= 11 is 0. The fourth-order valence-corrected chi connectivity index (χ4v) is 2.99. The Morgan fingerprint density at radius 2 is 1.70 bits per heavy atom. The van der Waals surface area contributed by atoms with E-state index >= 15 is 0 Å². The van der Waals surface area contributed by atoms with Crippen molar-refractivity contribution in [3.05, 3.63) is 0 Å². The number of guanidine groups is 1. The molecular weight excluding hydrogens is 286 g/mol. The van der Waals surface area contributed by atoms with Crippen LogP contribution in [0.15, 0.2) is 4.99 Å². The highest BCUT2D eigenvalue weighted by atomic mass is 15.2. The fraction of sp³-hybridized carbons (Fsp3) is 0.944. The molecule has 2 N–H and O–H groups in total. The second kappa shape index (κ2) is 13.6. The van der Waals surface area contributed by atoms with Gasteiger partial charge in [-0.2, -0.15) is 0 Å². The topological polar surface area (TPSA) is 42.9 Å². The number of nitrogens with zero attached hydrogens (tertiary/aromatic N) is 3. The molecule has 0 bridgehead atoms. The minimum atomic E-state index is 0.935. The minimum Gasteiger partial charge on any atom is -0.356 e. The minimum absolute atomic E-state index is 0.935. The van der Waals surface area contributed by atoms with Crippen molar-refractivity contribution in [3.63, 3.8) is 0 Å². The number of rotatable bonds is 10. The van der Waals surface area contributed by atoms with Crippen molar-refractivity contribution in [2.75, 3.05) is 59.9 Å². The lowest BCUT2D eigenvalue weighted by Gasteiger charge is -2.20. The summed E-state index contributed by atoms with van der Waals surface area (Å²) in [5.41, 5.74) is 0. The van der Waals surface area contributed by atoms with E-state index in [-0.39, 0.29) is 0 Å². The number of likely N-dealkylation sites (tertiary alicyclic amines) is 1. The van der Waals surface area contributed by atoms with Gasteiger partial charge in [-0.25, -0.2) is 0 Å². The van der Waals surface area contributed by atoms with Gasteiger partial charge in [0.1, 0.15) is 0 Å². The van der Waals surface area contributed by atoms with Crippen LogP contribution < -0.4 is 10.6 Å². The van der Waals surface area contributed by atoms with E-state index in [0.29, 0.717) is 0 Å². The van der Waals surface area contributed by atoms with Crippen LogP contribution in [0.4, 0.5) is 0 Å². The lowest BCUT2D eigenvalue weighted by molar-refractivity contribution is 0.282. The molecule has 5 heteroatoms. The van der Waals surface area contributed by atoms with E-state index in [1.54, 1.807) is 0 Å². The molecule has 136 valence electrons. The molecule has 0 aliphatic carbocycles. The monoisotopic (exact) mass is 325 g/mol. The predicted octanol–water partition coefficient (Wildman–Crippen LogP) is 2.15. The molecule has 0 aromatic heterocycles. The second-order valence-electron chi connectivity index (χ2n) is 6.69. The Hall–Kier alpha value is -0.810. The standard InChI is InChI=1S/C18H39N5/c1-4-5-13-22(3)17-12-21-18(19-2)20-11-10-16-23-14-8-6-7-9-15-23/h4-17H2,1-3H3,(H2,19,20,21). The van der Waals surface area contributed by atoms with Crippen LogP contribution in [-0.4, -0.2) is 75.7 Å². The molecule has 0 radical (unpaired) electrons. The molecule has 23 heavy (non-hydrogen) atoms. The Morgan fingerprint density at radius 3 is 2.35 bits per heavy atom. The van der Waals surface area contributed by atoms with Gasteiger partial charge in [-0.3, -0.25) is 4.99 Å². The van der Waals surface area contributed by atoms with E-state index in [1.807, 2.05) is 7.05 Å². The van der Waals surface area contributed by atoms with E-state index in [9.17, 15) is 0 Å². The van der Waals surface area contributed by atoms with E-state index < -0.39 is 0 Å². The van der Waals surface area contributed by atoms with Crippen molar-refractivity contribution >= 4 is 5.96 Å². The van der Waals surface area contributed by atoms with Crippen molar-refractivity contribution in [1.29, 1.82) is 0 Å². The van der Waals surface area contributed by atoms with Crippen LogP contribution in [0.1, 0.15) is 51.9 Å². The number of nitrogens with one attached hydrogen (secondary N) is 2. The van der Waals surface area contributed by atoms with Crippen LogP contribution in [0, 0.1) is 0 Å². The number of aliphatic imine (C=N–C) groups is 1. The quantitative estimate of drug-likeness (QED) is 0.367. The maximum Gasteiger partial charge on any atom is 0.191 e. The molecule has 0 saturated carbocycles. The van der Waals surface area contributed by atoms with Gasteiger partial charge in [0.2, 0.25) is 0 Å². The molecule has 1 saturated heterocycles. The Kier molecular flexibility index (Phi) is 12.0. The third kappa shape index (κ3) is 10.6. The molecule has 5 nitrogen and oxygen atoms in total. The lowest BCUT2D eigenvalue weighted by Crippen LogP contribution is -2.42. The molecular formula is C18H39N5. The maximum absolute atomic E-state index is 4.31. The normalized spacial score (nSPS) is 17.3. The van der Waals surface area contributed by atoms with Gasteiger partial charge in [-0.15, -0.1) is 0 Å². The van der Waals surface area contributed by atoms with Crippen molar-refractivity contribution in [2.45, 2.75) is 51.9 Å². The zero-order valence-electron chi connectivity index (χ0n) is 15.7. The van der Waals surface area contributed by atoms with Crippen LogP contribution in [0.2, 0.25) is 0 Å². The Morgan fingerprint density at radius 1 is 1.00 bits per heavy atom. The van der Waals surface area contributed by atoms with E-state index in [4.69, 9.17) is 0 Å². The Bertz CT molecular complexity index is 298. The van der Waals surface area contributed by atoms with Gasteiger partial charge in [-0.1, -0.05) is 26.2 Å². The first-order chi connectivity index (χ1) is 11.3. The zero-order chi connectivity index (χ0) is 16.8. The highest BCUT2D eigenvalue weighted by Gasteiger charge is 2.08. The first kappa shape index (κ1) is 20.2. The van der Waals surface area contributed by atoms with Gasteiger partial charge < -0.3 is 20.4 Å². The van der Waals surface area contributed by atoms with Gasteiger partial charge in [-0.05, 0) is 58.9 Å². The number of hydrogen-bond acceptors (Lipinski definition) is 3. The fourth-order valence-electron chi connectivity index (χ4n) is 2.99. The number of unbranched alkanes of at least 4 members (excludes halogenated alkanes) is 1. The van der Waals surface area contributed by atoms with Crippen molar-refractivity contribution in [2.24, 2.45) is 4.99 Å². The summed E-state index contributed by atoms with van der Waals surface area (Å²) in [5.74, 6) is 0.935. The van der Waals surface area contributed by atoms with Gasteiger partial charge in [0.15, 0.2) is 5.96 Å². The van der Waals surface area contributed by atoms with Gasteiger partial charge >= 0.3 is 0 Å². The number of hydrogen-bond donors (Lipinski definition) is 2. The second-order valence-corrected chi connectivity index (χ2v) is 6.69. The molecule has 0 aromatic rings. The van der Waals surface area contributed by atoms with Crippen LogP contribution in [0.25, 0.3) is 0 Å². The summed E-state index contributed by atoms with van der Waals surface area (Å²) in [6, 6.07) is 0. The van der Waals surface area contributed by atoms with E-state index in [1.165, 1.54) is 71.1 Å². The van der Waals surface area contributed by atoms with Crippen LogP contribution in [0.3, 0.4) is 0 Å². The zero-order valence-corrected chi connectivity index (χ0v) is 15.7. The van der Waals surface area contributed by atoms with Crippen LogP contribution in [0.5, 0.6) is 0 Å². The first-order valence-corrected chi connectivity index (χ1v) is 9.61. The van der Waals surface area contributed by atoms with Gasteiger partial charge in [0, 0.05) is 26.7 Å². The van der Waals surface area contributed by atoms with Crippen molar-refractivity contribution in [1.82, 2.24) is 20.4 Å². The third-order valence-electron chi connectivity index (χ3n) is 4.55. The van der Waals surface area contributed by atoms with E-state index in [2.05, 4.69) is 39.4 Å². The third-order valence-corrected chi connectivity index (χ3v) is 4.55. The highest BCUT2D eigenvalue weighted by molar-refractivity contribution is 5.79. The summed E-state index contributed by atoms with van der Waals surface area (Å²) in [5, 5.41) is 6.84. The molecule has 0 atom stereocenters. The van der Waals surface area contributed by atoms with Crippen molar-refractivity contribution < 1.29 is 0 Å². The van der Waals surface area contributed by atoms with Gasteiger partial charge in [0.05, 0.1) is 0 Å². The average molecular weight is 326 g/mol. The smallest absolute Gasteiger partial charge is 0.191 e. The summed E-state index contributed by atoms with van der Waals surface area (Å²) in [6.45, 7) is 10.2. The molecule has 1 heterocycles. The van der Waals surface area contributed by atoms with Gasteiger partial charge in [0.25, 0.3) is 0 Å². The lowest BCUT2D eigenvalue weighted by atomic mass is 10.2. The van der Waals surface area contributed by atoms with E-state index in [0.717, 1.165) is 25.6 Å². The summed E-state index contributed by atoms with van der Waals surface area (Å²) in [7, 11) is 4.04. The Balaban J connectivity index is 2.04. The summed E-state index contributed by atoms with van der Waals surface area (Å²) in [6.07, 6.45) is 9.31. The molecule has 0 aromatic carbocycles. The summed E-state index contributed by atoms with van der Waals surface area (Å²) in [4.78, 5) is 9.31.